The van der Waals surface area contributed by atoms with Gasteiger partial charge < -0.3 is 14.7 Å². The summed E-state index contributed by atoms with van der Waals surface area (Å²) in [6, 6.07) is 0. The van der Waals surface area contributed by atoms with Gasteiger partial charge >= 0.3 is 11.9 Å². The number of carbonyl (C=O) groups excluding carboxylic acids is 2. The minimum atomic E-state index is -0.971. The number of ether oxygens (including phenoxy) is 1. The highest BCUT2D eigenvalue weighted by atomic mass is 16.5. The topological polar surface area (TPSA) is 83.9 Å². The van der Waals surface area contributed by atoms with Gasteiger partial charge in [0.2, 0.25) is 5.91 Å². The highest BCUT2D eigenvalue weighted by Crippen LogP contribution is 2.24. The largest absolute Gasteiger partial charge is 0.481 e. The molecule has 1 amide bonds. The van der Waals surface area contributed by atoms with Gasteiger partial charge in [0.25, 0.3) is 0 Å². The van der Waals surface area contributed by atoms with Crippen LogP contribution in [0.2, 0.25) is 0 Å². The predicted octanol–water partition coefficient (Wildman–Crippen LogP) is 0.509. The molecule has 1 N–H and O–H groups in total. The molecule has 1 fully saturated rings. The van der Waals surface area contributed by atoms with Crippen molar-refractivity contribution in [3.8, 4) is 0 Å². The SMILES string of the molecule is COC(=O)[C@H]1CCN(C(=O)CCC(=O)O)C[C@H]1C. The van der Waals surface area contributed by atoms with Crippen molar-refractivity contribution < 1.29 is 24.2 Å². The van der Waals surface area contributed by atoms with Gasteiger partial charge in [-0.15, -0.1) is 0 Å². The summed E-state index contributed by atoms with van der Waals surface area (Å²) < 4.78 is 4.71. The Morgan fingerprint density at radius 1 is 1.33 bits per heavy atom. The maximum absolute atomic E-state index is 11.7. The Balaban J connectivity index is 2.47. The highest BCUT2D eigenvalue weighted by molar-refractivity contribution is 5.81. The molecule has 1 rings (SSSR count). The molecule has 1 saturated heterocycles. The van der Waals surface area contributed by atoms with Crippen LogP contribution in [0.4, 0.5) is 0 Å². The van der Waals surface area contributed by atoms with Gasteiger partial charge in [-0.05, 0) is 12.3 Å². The van der Waals surface area contributed by atoms with Crippen molar-refractivity contribution in [2.24, 2.45) is 11.8 Å². The smallest absolute Gasteiger partial charge is 0.309 e. The van der Waals surface area contributed by atoms with Gasteiger partial charge in [-0.3, -0.25) is 14.4 Å². The lowest BCUT2D eigenvalue weighted by Crippen LogP contribution is -2.45. The standard InChI is InChI=1S/C12H19NO5/c1-8-7-13(10(14)3-4-11(15)16)6-5-9(8)12(17)18-2/h8-9H,3-7H2,1-2H3,(H,15,16)/t8-,9+/m1/s1. The molecule has 1 aliphatic heterocycles. The summed E-state index contributed by atoms with van der Waals surface area (Å²) in [5, 5.41) is 8.53. The number of carboxylic acids is 1. The van der Waals surface area contributed by atoms with Crippen molar-refractivity contribution in [3.05, 3.63) is 0 Å². The van der Waals surface area contributed by atoms with Crippen molar-refractivity contribution in [2.45, 2.75) is 26.2 Å². The highest BCUT2D eigenvalue weighted by Gasteiger charge is 2.33. The van der Waals surface area contributed by atoms with Gasteiger partial charge in [-0.2, -0.15) is 0 Å². The van der Waals surface area contributed by atoms with E-state index in [0.29, 0.717) is 19.5 Å². The third-order valence-corrected chi connectivity index (χ3v) is 3.31. The van der Waals surface area contributed by atoms with E-state index in [-0.39, 0.29) is 36.6 Å². The van der Waals surface area contributed by atoms with E-state index in [1.807, 2.05) is 6.92 Å². The van der Waals surface area contributed by atoms with E-state index in [9.17, 15) is 14.4 Å². The van der Waals surface area contributed by atoms with E-state index in [0.717, 1.165) is 0 Å². The number of rotatable bonds is 4. The van der Waals surface area contributed by atoms with Crippen molar-refractivity contribution in [3.63, 3.8) is 0 Å². The van der Waals surface area contributed by atoms with Crippen LogP contribution in [0.1, 0.15) is 26.2 Å². The van der Waals surface area contributed by atoms with Gasteiger partial charge in [0.05, 0.1) is 19.4 Å². The maximum atomic E-state index is 11.7. The molecule has 0 aliphatic carbocycles. The number of aliphatic carboxylic acids is 1. The van der Waals surface area contributed by atoms with Crippen LogP contribution in [0.15, 0.2) is 0 Å². The molecule has 18 heavy (non-hydrogen) atoms. The zero-order valence-corrected chi connectivity index (χ0v) is 10.7. The number of nitrogens with zero attached hydrogens (tertiary/aromatic N) is 1. The van der Waals surface area contributed by atoms with Crippen molar-refractivity contribution in [1.82, 2.24) is 4.90 Å². The van der Waals surface area contributed by atoms with Crippen LogP contribution in [0, 0.1) is 11.8 Å². The monoisotopic (exact) mass is 257 g/mol. The fourth-order valence-electron chi connectivity index (χ4n) is 2.25. The fourth-order valence-corrected chi connectivity index (χ4v) is 2.25. The molecule has 0 saturated carbocycles. The molecule has 0 spiro atoms. The number of carboxylic acid groups (broad SMARTS) is 1. The van der Waals surface area contributed by atoms with Gasteiger partial charge in [-0.1, -0.05) is 6.92 Å². The molecule has 6 heteroatoms. The van der Waals surface area contributed by atoms with Crippen LogP contribution in [0.3, 0.4) is 0 Å². The van der Waals surface area contributed by atoms with E-state index < -0.39 is 5.97 Å². The molecular formula is C12H19NO5. The first-order valence-corrected chi connectivity index (χ1v) is 6.03. The van der Waals surface area contributed by atoms with Crippen molar-refractivity contribution in [1.29, 1.82) is 0 Å². The molecule has 6 nitrogen and oxygen atoms in total. The molecule has 2 atom stereocenters. The average molecular weight is 257 g/mol. The number of amides is 1. The summed E-state index contributed by atoms with van der Waals surface area (Å²) in [5.41, 5.74) is 0. The summed E-state index contributed by atoms with van der Waals surface area (Å²) in [4.78, 5) is 35.2. The van der Waals surface area contributed by atoms with E-state index in [4.69, 9.17) is 9.84 Å². The quantitative estimate of drug-likeness (QED) is 0.742. The van der Waals surface area contributed by atoms with Gasteiger partial charge in [0.1, 0.15) is 0 Å². The van der Waals surface area contributed by atoms with Crippen LogP contribution < -0.4 is 0 Å². The normalized spacial score (nSPS) is 23.6. The number of hydrogen-bond acceptors (Lipinski definition) is 4. The molecule has 0 unspecified atom stereocenters. The Labute approximate surface area is 106 Å². The molecule has 0 radical (unpaired) electrons. The van der Waals surface area contributed by atoms with Gasteiger partial charge in [0, 0.05) is 19.5 Å². The van der Waals surface area contributed by atoms with Crippen LogP contribution in [-0.2, 0) is 19.1 Å². The summed E-state index contributed by atoms with van der Waals surface area (Å²) in [6.07, 6.45) is 0.446. The van der Waals surface area contributed by atoms with E-state index in [1.54, 1.807) is 4.90 Å². The number of carbonyl (C=O) groups is 3. The summed E-state index contributed by atoms with van der Waals surface area (Å²) in [5.74, 6) is -1.49. The Hall–Kier alpha value is -1.59. The first kappa shape index (κ1) is 14.5. The average Bonchev–Trinajstić information content (AvgIpc) is 2.34. The zero-order valence-electron chi connectivity index (χ0n) is 10.7. The second-order valence-corrected chi connectivity index (χ2v) is 4.63. The van der Waals surface area contributed by atoms with E-state index in [2.05, 4.69) is 0 Å². The third-order valence-electron chi connectivity index (χ3n) is 3.31. The molecule has 0 aromatic rings. The lowest BCUT2D eigenvalue weighted by atomic mass is 9.87. The lowest BCUT2D eigenvalue weighted by Gasteiger charge is -2.35. The lowest BCUT2D eigenvalue weighted by molar-refractivity contribution is -0.151. The number of esters is 1. The fraction of sp³-hybridized carbons (Fsp3) is 0.750. The summed E-state index contributed by atoms with van der Waals surface area (Å²) in [6.45, 7) is 2.87. The van der Waals surface area contributed by atoms with Crippen LogP contribution in [0.25, 0.3) is 0 Å². The zero-order chi connectivity index (χ0) is 13.7. The molecule has 102 valence electrons. The first-order valence-electron chi connectivity index (χ1n) is 6.03. The minimum Gasteiger partial charge on any atom is -0.481 e. The molecular weight excluding hydrogens is 238 g/mol. The summed E-state index contributed by atoms with van der Waals surface area (Å²) in [7, 11) is 1.36. The van der Waals surface area contributed by atoms with Crippen molar-refractivity contribution >= 4 is 17.8 Å². The number of hydrogen-bond donors (Lipinski definition) is 1. The second kappa shape index (κ2) is 6.37. The minimum absolute atomic E-state index is 0.0188. The number of piperidine rings is 1. The van der Waals surface area contributed by atoms with Gasteiger partial charge in [-0.25, -0.2) is 0 Å². The number of likely N-dealkylation sites (tertiary alicyclic amines) is 1. The van der Waals surface area contributed by atoms with Crippen molar-refractivity contribution in [2.75, 3.05) is 20.2 Å². The Morgan fingerprint density at radius 3 is 2.50 bits per heavy atom. The number of methoxy groups -OCH3 is 1. The van der Waals surface area contributed by atoms with E-state index >= 15 is 0 Å². The second-order valence-electron chi connectivity index (χ2n) is 4.63. The maximum Gasteiger partial charge on any atom is 0.309 e. The van der Waals surface area contributed by atoms with Crippen LogP contribution >= 0.6 is 0 Å². The predicted molar refractivity (Wildman–Crippen MR) is 62.7 cm³/mol. The van der Waals surface area contributed by atoms with Crippen LogP contribution in [-0.4, -0.2) is 48.1 Å². The van der Waals surface area contributed by atoms with Gasteiger partial charge in [0.15, 0.2) is 0 Å². The van der Waals surface area contributed by atoms with E-state index in [1.165, 1.54) is 7.11 Å². The molecule has 0 aromatic heterocycles. The molecule has 1 aliphatic rings. The molecule has 1 heterocycles. The molecule has 0 bridgehead atoms. The molecule has 0 aromatic carbocycles. The van der Waals surface area contributed by atoms with Crippen LogP contribution in [0.5, 0.6) is 0 Å². The summed E-state index contributed by atoms with van der Waals surface area (Å²) >= 11 is 0. The Bertz CT molecular complexity index is 341. The first-order chi connectivity index (χ1) is 8.45. The Kier molecular flexibility index (Phi) is 5.12. The Morgan fingerprint density at radius 2 is 2.00 bits per heavy atom. The third kappa shape index (κ3) is 3.72.